The molecule has 0 aromatic carbocycles. The summed E-state index contributed by atoms with van der Waals surface area (Å²) in [6, 6.07) is 1.81. The number of nitrogens with one attached hydrogen (secondary N) is 1. The molecule has 1 atom stereocenters. The van der Waals surface area contributed by atoms with Crippen LogP contribution in [0.4, 0.5) is 5.95 Å². The molecule has 0 aliphatic carbocycles. The van der Waals surface area contributed by atoms with E-state index in [-0.39, 0.29) is 12.0 Å². The lowest BCUT2D eigenvalue weighted by molar-refractivity contribution is -0.125. The molecular weight excluding hydrogens is 298 g/mol. The molecule has 1 N–H and O–H groups in total. The van der Waals surface area contributed by atoms with E-state index in [0.717, 1.165) is 32.1 Å². The summed E-state index contributed by atoms with van der Waals surface area (Å²) in [6.45, 7) is 6.03. The number of carbonyl (C=O) groups is 1. The average molecular weight is 321 g/mol. The standard InChI is InChI=1S/C15H23N5O3/c21-14(18-10-13-12-22-8-9-23-13)11-19-4-6-20(7-5-19)15-16-2-1-3-17-15/h1-3,13H,4-12H2,(H,18,21)/t13-/m0/s1. The third-order valence-electron chi connectivity index (χ3n) is 3.99. The van der Waals surface area contributed by atoms with E-state index in [2.05, 4.69) is 25.1 Å². The van der Waals surface area contributed by atoms with Gasteiger partial charge in [0.1, 0.15) is 0 Å². The molecule has 8 heteroatoms. The minimum Gasteiger partial charge on any atom is -0.376 e. The first kappa shape index (κ1) is 16.1. The van der Waals surface area contributed by atoms with Crippen LogP contribution in [0, 0.1) is 0 Å². The zero-order valence-electron chi connectivity index (χ0n) is 13.2. The molecule has 3 rings (SSSR count). The Balaban J connectivity index is 1.36. The number of hydrogen-bond donors (Lipinski definition) is 1. The maximum absolute atomic E-state index is 12.0. The van der Waals surface area contributed by atoms with Gasteiger partial charge in [-0.25, -0.2) is 9.97 Å². The van der Waals surface area contributed by atoms with Crippen molar-refractivity contribution < 1.29 is 14.3 Å². The summed E-state index contributed by atoms with van der Waals surface area (Å²) >= 11 is 0. The normalized spacial score (nSPS) is 22.8. The summed E-state index contributed by atoms with van der Waals surface area (Å²) in [4.78, 5) is 24.8. The fourth-order valence-electron chi connectivity index (χ4n) is 2.70. The lowest BCUT2D eigenvalue weighted by Gasteiger charge is -2.34. The molecule has 0 radical (unpaired) electrons. The van der Waals surface area contributed by atoms with Crippen molar-refractivity contribution in [2.24, 2.45) is 0 Å². The Morgan fingerprint density at radius 2 is 2.00 bits per heavy atom. The van der Waals surface area contributed by atoms with Gasteiger partial charge in [0, 0.05) is 45.1 Å². The lowest BCUT2D eigenvalue weighted by Crippen LogP contribution is -2.50. The summed E-state index contributed by atoms with van der Waals surface area (Å²) in [5.74, 6) is 0.787. The topological polar surface area (TPSA) is 79.8 Å². The number of aromatic nitrogens is 2. The fraction of sp³-hybridized carbons (Fsp3) is 0.667. The van der Waals surface area contributed by atoms with E-state index < -0.39 is 0 Å². The minimum absolute atomic E-state index is 0.0280. The van der Waals surface area contributed by atoms with Gasteiger partial charge in [0.25, 0.3) is 0 Å². The lowest BCUT2D eigenvalue weighted by atomic mass is 10.3. The second kappa shape index (κ2) is 8.19. The summed E-state index contributed by atoms with van der Waals surface area (Å²) in [5.41, 5.74) is 0. The summed E-state index contributed by atoms with van der Waals surface area (Å²) in [7, 11) is 0. The third kappa shape index (κ3) is 4.85. The van der Waals surface area contributed by atoms with Gasteiger partial charge in [0.2, 0.25) is 11.9 Å². The molecule has 2 saturated heterocycles. The van der Waals surface area contributed by atoms with Crippen LogP contribution in [-0.2, 0) is 14.3 Å². The van der Waals surface area contributed by atoms with Crippen molar-refractivity contribution in [2.45, 2.75) is 6.10 Å². The van der Waals surface area contributed by atoms with E-state index in [1.54, 1.807) is 12.4 Å². The Bertz CT molecular complexity index is 487. The van der Waals surface area contributed by atoms with Crippen molar-refractivity contribution in [3.8, 4) is 0 Å². The highest BCUT2D eigenvalue weighted by Crippen LogP contribution is 2.09. The average Bonchev–Trinajstić information content (AvgIpc) is 2.62. The molecule has 1 aromatic rings. The smallest absolute Gasteiger partial charge is 0.234 e. The van der Waals surface area contributed by atoms with Gasteiger partial charge in [-0.2, -0.15) is 0 Å². The highest BCUT2D eigenvalue weighted by atomic mass is 16.6. The van der Waals surface area contributed by atoms with E-state index >= 15 is 0 Å². The molecule has 3 heterocycles. The van der Waals surface area contributed by atoms with Gasteiger partial charge in [-0.05, 0) is 6.07 Å². The Kier molecular flexibility index (Phi) is 5.73. The van der Waals surface area contributed by atoms with Crippen LogP contribution in [0.25, 0.3) is 0 Å². The Morgan fingerprint density at radius 1 is 1.22 bits per heavy atom. The number of piperazine rings is 1. The molecule has 23 heavy (non-hydrogen) atoms. The molecule has 0 unspecified atom stereocenters. The van der Waals surface area contributed by atoms with Crippen LogP contribution in [-0.4, -0.2) is 86.0 Å². The predicted molar refractivity (Wildman–Crippen MR) is 84.3 cm³/mol. The van der Waals surface area contributed by atoms with Crippen molar-refractivity contribution in [1.29, 1.82) is 0 Å². The largest absolute Gasteiger partial charge is 0.376 e. The molecule has 2 aliphatic rings. The van der Waals surface area contributed by atoms with Crippen LogP contribution < -0.4 is 10.2 Å². The SMILES string of the molecule is O=C(CN1CCN(c2ncccn2)CC1)NC[C@H]1COCCO1. The van der Waals surface area contributed by atoms with Crippen molar-refractivity contribution in [2.75, 3.05) is 64.0 Å². The zero-order valence-corrected chi connectivity index (χ0v) is 13.2. The summed E-state index contributed by atoms with van der Waals surface area (Å²) in [5, 5.41) is 2.92. The van der Waals surface area contributed by atoms with Crippen molar-refractivity contribution >= 4 is 11.9 Å². The highest BCUT2D eigenvalue weighted by molar-refractivity contribution is 5.78. The zero-order chi connectivity index (χ0) is 15.9. The summed E-state index contributed by atoms with van der Waals surface area (Å²) in [6.07, 6.45) is 3.47. The second-order valence-corrected chi connectivity index (χ2v) is 5.68. The van der Waals surface area contributed by atoms with Crippen LogP contribution in [0.2, 0.25) is 0 Å². The van der Waals surface area contributed by atoms with E-state index in [1.165, 1.54) is 0 Å². The third-order valence-corrected chi connectivity index (χ3v) is 3.99. The van der Waals surface area contributed by atoms with Gasteiger partial charge < -0.3 is 19.7 Å². The van der Waals surface area contributed by atoms with Gasteiger partial charge in [0.15, 0.2) is 0 Å². The number of ether oxygens (including phenoxy) is 2. The molecular formula is C15H23N5O3. The molecule has 126 valence electrons. The van der Waals surface area contributed by atoms with Gasteiger partial charge in [-0.1, -0.05) is 0 Å². The number of nitrogens with zero attached hydrogens (tertiary/aromatic N) is 4. The van der Waals surface area contributed by atoms with Crippen molar-refractivity contribution in [3.05, 3.63) is 18.5 Å². The van der Waals surface area contributed by atoms with Crippen LogP contribution >= 0.6 is 0 Å². The van der Waals surface area contributed by atoms with Crippen LogP contribution in [0.15, 0.2) is 18.5 Å². The van der Waals surface area contributed by atoms with Crippen LogP contribution in [0.1, 0.15) is 0 Å². The molecule has 1 aromatic heterocycles. The van der Waals surface area contributed by atoms with E-state index in [4.69, 9.17) is 9.47 Å². The van der Waals surface area contributed by atoms with Crippen LogP contribution in [0.3, 0.4) is 0 Å². The van der Waals surface area contributed by atoms with Gasteiger partial charge in [-0.3, -0.25) is 9.69 Å². The highest BCUT2D eigenvalue weighted by Gasteiger charge is 2.21. The van der Waals surface area contributed by atoms with Gasteiger partial charge in [-0.15, -0.1) is 0 Å². The first-order valence-electron chi connectivity index (χ1n) is 8.01. The number of hydrogen-bond acceptors (Lipinski definition) is 7. The van der Waals surface area contributed by atoms with Crippen molar-refractivity contribution in [3.63, 3.8) is 0 Å². The number of amides is 1. The molecule has 1 amide bonds. The summed E-state index contributed by atoms with van der Waals surface area (Å²) < 4.78 is 10.8. The number of carbonyl (C=O) groups excluding carboxylic acids is 1. The van der Waals surface area contributed by atoms with Crippen molar-refractivity contribution in [1.82, 2.24) is 20.2 Å². The number of anilines is 1. The molecule has 0 bridgehead atoms. The second-order valence-electron chi connectivity index (χ2n) is 5.68. The van der Waals surface area contributed by atoms with E-state index in [1.807, 2.05) is 6.07 Å². The Labute approximate surface area is 135 Å². The Hall–Kier alpha value is -1.77. The maximum atomic E-state index is 12.0. The molecule has 2 fully saturated rings. The Morgan fingerprint density at radius 3 is 2.70 bits per heavy atom. The van der Waals surface area contributed by atoms with E-state index in [9.17, 15) is 4.79 Å². The van der Waals surface area contributed by atoms with Gasteiger partial charge in [0.05, 0.1) is 32.5 Å². The number of rotatable bonds is 5. The molecule has 0 saturated carbocycles. The minimum atomic E-state index is -0.0280. The first-order valence-corrected chi connectivity index (χ1v) is 8.01. The first-order chi connectivity index (χ1) is 11.3. The fourth-order valence-corrected chi connectivity index (χ4v) is 2.70. The molecule has 8 nitrogen and oxygen atoms in total. The maximum Gasteiger partial charge on any atom is 0.234 e. The van der Waals surface area contributed by atoms with E-state index in [0.29, 0.717) is 32.9 Å². The quantitative estimate of drug-likeness (QED) is 0.755. The molecule has 2 aliphatic heterocycles. The van der Waals surface area contributed by atoms with Crippen LogP contribution in [0.5, 0.6) is 0 Å². The predicted octanol–water partition coefficient (Wildman–Crippen LogP) is -0.870. The monoisotopic (exact) mass is 321 g/mol. The van der Waals surface area contributed by atoms with Gasteiger partial charge >= 0.3 is 0 Å². The molecule has 0 spiro atoms.